The number of nitrogens with one attached hydrogen (secondary N) is 1. The monoisotopic (exact) mass is 404 g/mol. The van der Waals surface area contributed by atoms with Gasteiger partial charge in [0.1, 0.15) is 10.8 Å². The molecule has 0 saturated heterocycles. The molecule has 3 rings (SSSR count). The number of amides is 1. The highest BCUT2D eigenvalue weighted by atomic mass is 32.2. The zero-order valence-electron chi connectivity index (χ0n) is 16.4. The van der Waals surface area contributed by atoms with E-state index in [1.54, 1.807) is 23.6 Å². The Hall–Kier alpha value is -2.19. The molecule has 0 bridgehead atoms. The number of anilines is 1. The second kappa shape index (κ2) is 8.87. The molecule has 0 aliphatic heterocycles. The first kappa shape index (κ1) is 20.5. The molecule has 28 heavy (non-hydrogen) atoms. The fourth-order valence-corrected chi connectivity index (χ4v) is 4.11. The van der Waals surface area contributed by atoms with Gasteiger partial charge in [0.15, 0.2) is 0 Å². The van der Waals surface area contributed by atoms with Crippen LogP contribution in [0.4, 0.5) is 10.1 Å². The molecule has 8 heteroatoms. The molecule has 1 aromatic heterocycles. The van der Waals surface area contributed by atoms with Crippen molar-refractivity contribution in [3.8, 4) is 0 Å². The Morgan fingerprint density at radius 3 is 2.86 bits per heavy atom. The molecule has 0 spiro atoms. The van der Waals surface area contributed by atoms with E-state index in [2.05, 4.69) is 10.3 Å². The largest absolute Gasteiger partial charge is 0.348 e. The Morgan fingerprint density at radius 2 is 2.14 bits per heavy atom. The quantitative estimate of drug-likeness (QED) is 0.567. The van der Waals surface area contributed by atoms with Gasteiger partial charge in [0.05, 0.1) is 5.75 Å². The second-order valence-corrected chi connectivity index (χ2v) is 8.20. The first-order valence-corrected chi connectivity index (χ1v) is 10.3. The van der Waals surface area contributed by atoms with Gasteiger partial charge in [0.2, 0.25) is 5.91 Å². The molecule has 0 radical (unpaired) electrons. The van der Waals surface area contributed by atoms with Crippen LogP contribution in [0.5, 0.6) is 0 Å². The number of hydrogen-bond donors (Lipinski definition) is 1. The minimum Gasteiger partial charge on any atom is -0.325 e. The minimum absolute atomic E-state index is 0.121. The van der Waals surface area contributed by atoms with E-state index in [0.29, 0.717) is 22.8 Å². The highest BCUT2D eigenvalue weighted by Crippen LogP contribution is 2.29. The number of hydrogen-bond acceptors (Lipinski definition) is 5. The summed E-state index contributed by atoms with van der Waals surface area (Å²) in [5, 5.41) is 3.33. The van der Waals surface area contributed by atoms with Crippen LogP contribution in [0.2, 0.25) is 0 Å². The van der Waals surface area contributed by atoms with Gasteiger partial charge in [-0.25, -0.2) is 9.18 Å². The number of aryl methyl sites for hydroxylation is 1. The predicted molar refractivity (Wildman–Crippen MR) is 110 cm³/mol. The van der Waals surface area contributed by atoms with Crippen molar-refractivity contribution in [3.63, 3.8) is 0 Å². The third-order valence-corrected chi connectivity index (χ3v) is 5.78. The normalized spacial score (nSPS) is 13.0. The van der Waals surface area contributed by atoms with Crippen molar-refractivity contribution < 1.29 is 9.18 Å². The number of carbonyl (C=O) groups excluding carboxylic acids is 1. The van der Waals surface area contributed by atoms with Crippen molar-refractivity contribution in [1.82, 2.24) is 14.5 Å². The topological polar surface area (TPSA) is 67.2 Å². The van der Waals surface area contributed by atoms with Crippen LogP contribution in [0, 0.1) is 12.7 Å². The number of thioether (sulfide) groups is 1. The molecule has 0 saturated carbocycles. The highest BCUT2D eigenvalue weighted by Gasteiger charge is 2.22. The summed E-state index contributed by atoms with van der Waals surface area (Å²) in [5.41, 5.74) is 2.82. The smallest absolute Gasteiger partial charge is 0.325 e. The maximum absolute atomic E-state index is 13.6. The fraction of sp³-hybridized carbons (Fsp3) is 0.450. The highest BCUT2D eigenvalue weighted by molar-refractivity contribution is 8.00. The van der Waals surface area contributed by atoms with Crippen molar-refractivity contribution in [3.05, 3.63) is 51.3 Å². The van der Waals surface area contributed by atoms with Gasteiger partial charge in [-0.3, -0.25) is 9.36 Å². The van der Waals surface area contributed by atoms with Crippen molar-refractivity contribution in [1.29, 1.82) is 0 Å². The molecular weight excluding hydrogens is 379 g/mol. The Labute approximate surface area is 168 Å². The van der Waals surface area contributed by atoms with Gasteiger partial charge >= 0.3 is 5.69 Å². The number of likely N-dealkylation sites (N-methyl/N-ethyl adjacent to an activating group) is 1. The molecule has 1 aliphatic rings. The molecule has 0 fully saturated rings. The third-order valence-electron chi connectivity index (χ3n) is 4.77. The van der Waals surface area contributed by atoms with E-state index in [4.69, 9.17) is 0 Å². The van der Waals surface area contributed by atoms with Gasteiger partial charge in [0.25, 0.3) is 0 Å². The summed E-state index contributed by atoms with van der Waals surface area (Å²) >= 11 is 1.27. The summed E-state index contributed by atoms with van der Waals surface area (Å²) in [7, 11) is 3.95. The Balaban J connectivity index is 1.70. The van der Waals surface area contributed by atoms with E-state index in [1.807, 2.05) is 19.0 Å². The van der Waals surface area contributed by atoms with Crippen molar-refractivity contribution in [2.45, 2.75) is 37.8 Å². The lowest BCUT2D eigenvalue weighted by atomic mass is 10.2. The van der Waals surface area contributed by atoms with Crippen molar-refractivity contribution in [2.75, 3.05) is 31.7 Å². The molecule has 1 aromatic carbocycles. The van der Waals surface area contributed by atoms with Gasteiger partial charge in [0, 0.05) is 30.0 Å². The number of halogens is 1. The van der Waals surface area contributed by atoms with E-state index in [0.717, 1.165) is 37.1 Å². The maximum atomic E-state index is 13.6. The standard InChI is InChI=1S/C20H25FN4O2S/c1-13-7-8-14(11-16(13)21)22-18(26)12-28-19-15-5-4-6-17(15)25(20(27)23-19)10-9-24(2)3/h7-8,11H,4-6,9-10,12H2,1-3H3,(H,22,26). The van der Waals surface area contributed by atoms with E-state index in [9.17, 15) is 14.0 Å². The van der Waals surface area contributed by atoms with E-state index in [-0.39, 0.29) is 23.2 Å². The summed E-state index contributed by atoms with van der Waals surface area (Å²) < 4.78 is 15.4. The van der Waals surface area contributed by atoms with Crippen LogP contribution in [-0.4, -0.2) is 46.8 Å². The van der Waals surface area contributed by atoms with Crippen LogP contribution in [0.3, 0.4) is 0 Å². The number of aromatic nitrogens is 2. The fourth-order valence-electron chi connectivity index (χ4n) is 3.24. The van der Waals surface area contributed by atoms with Crippen LogP contribution in [0.25, 0.3) is 0 Å². The van der Waals surface area contributed by atoms with Crippen LogP contribution in [0.15, 0.2) is 28.0 Å². The molecule has 1 aliphatic carbocycles. The molecule has 0 unspecified atom stereocenters. The van der Waals surface area contributed by atoms with Crippen LogP contribution >= 0.6 is 11.8 Å². The maximum Gasteiger partial charge on any atom is 0.348 e. The molecule has 1 N–H and O–H groups in total. The van der Waals surface area contributed by atoms with Gasteiger partial charge in [-0.15, -0.1) is 0 Å². The average molecular weight is 405 g/mol. The summed E-state index contributed by atoms with van der Waals surface area (Å²) in [6.45, 7) is 3.06. The lowest BCUT2D eigenvalue weighted by Crippen LogP contribution is -2.31. The zero-order valence-corrected chi connectivity index (χ0v) is 17.2. The van der Waals surface area contributed by atoms with Gasteiger partial charge in [-0.2, -0.15) is 4.98 Å². The van der Waals surface area contributed by atoms with Gasteiger partial charge in [-0.1, -0.05) is 17.8 Å². The number of benzene rings is 1. The average Bonchev–Trinajstić information content (AvgIpc) is 3.11. The number of fused-ring (bicyclic) bond motifs is 1. The van der Waals surface area contributed by atoms with Crippen LogP contribution in [-0.2, 0) is 24.2 Å². The Bertz CT molecular complexity index is 943. The van der Waals surface area contributed by atoms with Crippen molar-refractivity contribution in [2.24, 2.45) is 0 Å². The van der Waals surface area contributed by atoms with Crippen LogP contribution < -0.4 is 11.0 Å². The van der Waals surface area contributed by atoms with Gasteiger partial charge in [-0.05, 0) is 58.0 Å². The number of nitrogens with zero attached hydrogens (tertiary/aromatic N) is 3. The first-order chi connectivity index (χ1) is 13.3. The predicted octanol–water partition coefficient (Wildman–Crippen LogP) is 2.47. The molecule has 1 amide bonds. The second-order valence-electron chi connectivity index (χ2n) is 7.23. The minimum atomic E-state index is -0.355. The zero-order chi connectivity index (χ0) is 20.3. The summed E-state index contributed by atoms with van der Waals surface area (Å²) in [5.74, 6) is -0.485. The van der Waals surface area contributed by atoms with Crippen molar-refractivity contribution >= 4 is 23.4 Å². The molecule has 2 aromatic rings. The molecule has 6 nitrogen and oxygen atoms in total. The number of rotatable bonds is 7. The summed E-state index contributed by atoms with van der Waals surface area (Å²) in [6, 6.07) is 4.60. The summed E-state index contributed by atoms with van der Waals surface area (Å²) in [4.78, 5) is 31.0. The lowest BCUT2D eigenvalue weighted by Gasteiger charge is -2.16. The summed E-state index contributed by atoms with van der Waals surface area (Å²) in [6.07, 6.45) is 2.73. The van der Waals surface area contributed by atoms with E-state index >= 15 is 0 Å². The SMILES string of the molecule is Cc1ccc(NC(=O)CSc2nc(=O)n(CCN(C)C)c3c2CCC3)cc1F. The molecule has 150 valence electrons. The first-order valence-electron chi connectivity index (χ1n) is 9.31. The van der Waals surface area contributed by atoms with E-state index < -0.39 is 0 Å². The van der Waals surface area contributed by atoms with E-state index in [1.165, 1.54) is 17.8 Å². The Morgan fingerprint density at radius 1 is 1.36 bits per heavy atom. The molecule has 1 heterocycles. The Kier molecular flexibility index (Phi) is 6.51. The lowest BCUT2D eigenvalue weighted by molar-refractivity contribution is -0.113. The molecule has 0 atom stereocenters. The van der Waals surface area contributed by atoms with Crippen LogP contribution in [0.1, 0.15) is 23.2 Å². The van der Waals surface area contributed by atoms with Gasteiger partial charge < -0.3 is 10.2 Å². The third kappa shape index (κ3) is 4.80. The number of carbonyl (C=O) groups is 1. The molecular formula is C20H25FN4O2S.